The first kappa shape index (κ1) is 12.6. The molecule has 0 aliphatic carbocycles. The fourth-order valence-electron chi connectivity index (χ4n) is 2.07. The van der Waals surface area contributed by atoms with E-state index in [9.17, 15) is 13.2 Å². The Labute approximate surface area is 115 Å². The average Bonchev–Trinajstić information content (AvgIpc) is 2.88. The summed E-state index contributed by atoms with van der Waals surface area (Å²) in [5.41, 5.74) is 0.792. The maximum Gasteiger partial charge on any atom is 0.285 e. The molecule has 0 saturated heterocycles. The van der Waals surface area contributed by atoms with Gasteiger partial charge in [-0.05, 0) is 18.2 Å². The summed E-state index contributed by atoms with van der Waals surface area (Å²) in [4.78, 5) is 14.9. The van der Waals surface area contributed by atoms with Gasteiger partial charge in [-0.3, -0.25) is 4.79 Å². The highest BCUT2D eigenvalue weighted by atomic mass is 32.2. The van der Waals surface area contributed by atoms with Gasteiger partial charge >= 0.3 is 0 Å². The summed E-state index contributed by atoms with van der Waals surface area (Å²) in [6.07, 6.45) is 3.38. The second-order valence-electron chi connectivity index (χ2n) is 4.19. The molecule has 0 fully saturated rings. The van der Waals surface area contributed by atoms with Gasteiger partial charge in [0.2, 0.25) is 0 Å². The molecule has 3 aromatic rings. The van der Waals surface area contributed by atoms with Crippen LogP contribution in [-0.2, 0) is 10.0 Å². The quantitative estimate of drug-likeness (QED) is 0.691. The Kier molecular flexibility index (Phi) is 2.87. The Hall–Kier alpha value is -2.47. The molecule has 2 aromatic heterocycles. The first-order valence-electron chi connectivity index (χ1n) is 5.86. The largest absolute Gasteiger partial charge is 0.298 e. The van der Waals surface area contributed by atoms with Gasteiger partial charge in [0.25, 0.3) is 10.0 Å². The zero-order chi connectivity index (χ0) is 14.2. The van der Waals surface area contributed by atoms with Crippen molar-refractivity contribution in [1.29, 1.82) is 0 Å². The van der Waals surface area contributed by atoms with Crippen molar-refractivity contribution in [2.45, 2.75) is 5.03 Å². The number of fused-ring (bicyclic) bond motifs is 1. The van der Waals surface area contributed by atoms with E-state index in [1.54, 1.807) is 36.4 Å². The van der Waals surface area contributed by atoms with Gasteiger partial charge in [-0.25, -0.2) is 8.96 Å². The molecule has 5 nitrogen and oxygen atoms in total. The zero-order valence-corrected chi connectivity index (χ0v) is 11.1. The molecule has 0 amide bonds. The van der Waals surface area contributed by atoms with Crippen LogP contribution in [0.3, 0.4) is 0 Å². The first-order valence-corrected chi connectivity index (χ1v) is 7.30. The summed E-state index contributed by atoms with van der Waals surface area (Å²) in [6.45, 7) is 0. The third kappa shape index (κ3) is 1.81. The number of hydrogen-bond acceptors (Lipinski definition) is 4. The molecular weight excluding hydrogens is 276 g/mol. The lowest BCUT2D eigenvalue weighted by molar-refractivity contribution is 0.112. The van der Waals surface area contributed by atoms with Crippen LogP contribution in [0.2, 0.25) is 0 Å². The molecule has 0 atom stereocenters. The van der Waals surface area contributed by atoms with Gasteiger partial charge in [-0.15, -0.1) is 0 Å². The lowest BCUT2D eigenvalue weighted by atomic mass is 10.2. The van der Waals surface area contributed by atoms with Crippen molar-refractivity contribution in [2.24, 2.45) is 0 Å². The minimum atomic E-state index is -3.81. The van der Waals surface area contributed by atoms with E-state index in [0.717, 1.165) is 3.97 Å². The number of benzene rings is 1. The van der Waals surface area contributed by atoms with E-state index in [2.05, 4.69) is 4.98 Å². The van der Waals surface area contributed by atoms with Gasteiger partial charge in [0.05, 0.1) is 5.52 Å². The first-order chi connectivity index (χ1) is 9.64. The van der Waals surface area contributed by atoms with Crippen molar-refractivity contribution < 1.29 is 13.2 Å². The van der Waals surface area contributed by atoms with E-state index in [-0.39, 0.29) is 5.03 Å². The third-order valence-electron chi connectivity index (χ3n) is 3.00. The van der Waals surface area contributed by atoms with Crippen LogP contribution in [0, 0.1) is 0 Å². The smallest absolute Gasteiger partial charge is 0.285 e. The molecule has 0 aliphatic rings. The van der Waals surface area contributed by atoms with Gasteiger partial charge in [0, 0.05) is 23.3 Å². The average molecular weight is 286 g/mol. The molecule has 0 radical (unpaired) electrons. The SMILES string of the molecule is O=Cc1cn(S(=O)(=O)c2ccccn2)c2ccccc12. The van der Waals surface area contributed by atoms with Crippen LogP contribution in [0.25, 0.3) is 10.9 Å². The summed E-state index contributed by atoms with van der Waals surface area (Å²) >= 11 is 0. The molecule has 6 heteroatoms. The van der Waals surface area contributed by atoms with Gasteiger partial charge < -0.3 is 0 Å². The predicted molar refractivity (Wildman–Crippen MR) is 74.1 cm³/mol. The van der Waals surface area contributed by atoms with Crippen LogP contribution in [-0.4, -0.2) is 23.7 Å². The molecule has 0 aliphatic heterocycles. The fourth-order valence-corrected chi connectivity index (χ4v) is 3.39. The number of pyridine rings is 1. The Bertz CT molecular complexity index is 883. The van der Waals surface area contributed by atoms with E-state index >= 15 is 0 Å². The van der Waals surface area contributed by atoms with E-state index in [1.807, 2.05) is 0 Å². The second kappa shape index (κ2) is 4.57. The van der Waals surface area contributed by atoms with Crippen LogP contribution in [0.15, 0.2) is 59.9 Å². The number of aldehydes is 1. The maximum atomic E-state index is 12.6. The summed E-state index contributed by atoms with van der Waals surface area (Å²) < 4.78 is 26.2. The summed E-state index contributed by atoms with van der Waals surface area (Å²) in [5, 5.41) is 0.542. The van der Waals surface area contributed by atoms with Gasteiger partial charge in [-0.2, -0.15) is 8.42 Å². The highest BCUT2D eigenvalue weighted by Crippen LogP contribution is 2.24. The molecule has 0 spiro atoms. The Morgan fingerprint density at radius 3 is 2.50 bits per heavy atom. The van der Waals surface area contributed by atoms with Crippen LogP contribution in [0.5, 0.6) is 0 Å². The van der Waals surface area contributed by atoms with Crippen molar-refractivity contribution in [3.05, 3.63) is 60.4 Å². The number of rotatable bonds is 3. The molecular formula is C14H10N2O3S. The topological polar surface area (TPSA) is 69.0 Å². The summed E-state index contributed by atoms with van der Waals surface area (Å²) in [6, 6.07) is 11.5. The number of para-hydroxylation sites is 1. The monoisotopic (exact) mass is 286 g/mol. The van der Waals surface area contributed by atoms with Crippen molar-refractivity contribution in [3.8, 4) is 0 Å². The van der Waals surface area contributed by atoms with Crippen LogP contribution >= 0.6 is 0 Å². The molecule has 0 bridgehead atoms. The Morgan fingerprint density at radius 1 is 1.05 bits per heavy atom. The normalized spacial score (nSPS) is 11.6. The third-order valence-corrected chi connectivity index (χ3v) is 4.59. The number of hydrogen-bond donors (Lipinski definition) is 0. The van der Waals surface area contributed by atoms with Gasteiger partial charge in [0.15, 0.2) is 11.3 Å². The summed E-state index contributed by atoms with van der Waals surface area (Å²) in [5.74, 6) is 0. The Morgan fingerprint density at radius 2 is 1.80 bits per heavy atom. The molecule has 1 aromatic carbocycles. The molecule has 0 N–H and O–H groups in total. The van der Waals surface area contributed by atoms with Crippen molar-refractivity contribution in [1.82, 2.24) is 8.96 Å². The maximum absolute atomic E-state index is 12.6. The van der Waals surface area contributed by atoms with Gasteiger partial charge in [0.1, 0.15) is 0 Å². The predicted octanol–water partition coefficient (Wildman–Crippen LogP) is 2.09. The van der Waals surface area contributed by atoms with E-state index < -0.39 is 10.0 Å². The van der Waals surface area contributed by atoms with Crippen LogP contribution < -0.4 is 0 Å². The lowest BCUT2D eigenvalue weighted by Crippen LogP contribution is -2.13. The standard InChI is InChI=1S/C14H10N2O3S/c17-10-11-9-16(13-6-2-1-5-12(11)13)20(18,19)14-7-3-4-8-15-14/h1-10H. The second-order valence-corrected chi connectivity index (χ2v) is 5.95. The van der Waals surface area contributed by atoms with Crippen molar-refractivity contribution in [3.63, 3.8) is 0 Å². The molecule has 0 saturated carbocycles. The van der Waals surface area contributed by atoms with Crippen LogP contribution in [0.1, 0.15) is 10.4 Å². The number of nitrogens with zero attached hydrogens (tertiary/aromatic N) is 2. The Balaban J connectivity index is 2.33. The number of carbonyl (C=O) groups is 1. The highest BCUT2D eigenvalue weighted by molar-refractivity contribution is 7.90. The summed E-state index contributed by atoms with van der Waals surface area (Å²) in [7, 11) is -3.81. The highest BCUT2D eigenvalue weighted by Gasteiger charge is 2.21. The fraction of sp³-hybridized carbons (Fsp3) is 0. The van der Waals surface area contributed by atoms with E-state index in [1.165, 1.54) is 18.5 Å². The van der Waals surface area contributed by atoms with Gasteiger partial charge in [-0.1, -0.05) is 24.3 Å². The zero-order valence-electron chi connectivity index (χ0n) is 10.3. The lowest BCUT2D eigenvalue weighted by Gasteiger charge is -2.06. The minimum Gasteiger partial charge on any atom is -0.298 e. The molecule has 2 heterocycles. The number of aromatic nitrogens is 2. The van der Waals surface area contributed by atoms with Crippen LogP contribution in [0.4, 0.5) is 0 Å². The number of carbonyl (C=O) groups excluding carboxylic acids is 1. The molecule has 0 unspecified atom stereocenters. The van der Waals surface area contributed by atoms with E-state index in [0.29, 0.717) is 22.8 Å². The molecule has 20 heavy (non-hydrogen) atoms. The van der Waals surface area contributed by atoms with E-state index in [4.69, 9.17) is 0 Å². The van der Waals surface area contributed by atoms with Crippen molar-refractivity contribution >= 4 is 27.2 Å². The molecule has 100 valence electrons. The minimum absolute atomic E-state index is 0.0572. The molecule has 3 rings (SSSR count). The van der Waals surface area contributed by atoms with Crippen molar-refractivity contribution in [2.75, 3.05) is 0 Å².